The highest BCUT2D eigenvalue weighted by Gasteiger charge is 2.40. The van der Waals surface area contributed by atoms with E-state index in [1.807, 2.05) is 0 Å². The quantitative estimate of drug-likeness (QED) is 0.841. The van der Waals surface area contributed by atoms with Gasteiger partial charge in [0.1, 0.15) is 6.04 Å². The molecular formula is C14H19NO5S. The van der Waals surface area contributed by atoms with Crippen LogP contribution < -0.4 is 0 Å². The SMILES string of the molecule is COC(=O)C1CCCN1S(=O)(=O)c1ccc(C(C)O)cc1. The van der Waals surface area contributed by atoms with Crippen LogP contribution in [-0.4, -0.2) is 43.5 Å². The van der Waals surface area contributed by atoms with Crippen molar-refractivity contribution in [3.63, 3.8) is 0 Å². The fourth-order valence-electron chi connectivity index (χ4n) is 2.45. The van der Waals surface area contributed by atoms with E-state index in [9.17, 15) is 18.3 Å². The molecule has 0 bridgehead atoms. The number of aliphatic hydroxyl groups is 1. The molecule has 0 aromatic heterocycles. The van der Waals surface area contributed by atoms with Gasteiger partial charge in [-0.15, -0.1) is 0 Å². The average Bonchev–Trinajstić information content (AvgIpc) is 2.96. The van der Waals surface area contributed by atoms with Crippen molar-refractivity contribution in [2.24, 2.45) is 0 Å². The highest BCUT2D eigenvalue weighted by atomic mass is 32.2. The molecule has 1 N–H and O–H groups in total. The molecule has 21 heavy (non-hydrogen) atoms. The lowest BCUT2D eigenvalue weighted by atomic mass is 10.1. The first-order valence-electron chi connectivity index (χ1n) is 6.75. The smallest absolute Gasteiger partial charge is 0.324 e. The second kappa shape index (κ2) is 6.13. The Morgan fingerprint density at radius 1 is 1.38 bits per heavy atom. The summed E-state index contributed by atoms with van der Waals surface area (Å²) < 4.78 is 31.1. The van der Waals surface area contributed by atoms with Gasteiger partial charge in [0, 0.05) is 6.54 Å². The number of carbonyl (C=O) groups excluding carboxylic acids is 1. The van der Waals surface area contributed by atoms with Crippen molar-refractivity contribution in [1.29, 1.82) is 0 Å². The molecule has 0 aliphatic carbocycles. The molecule has 1 aromatic rings. The third-order valence-electron chi connectivity index (χ3n) is 3.65. The molecule has 2 rings (SSSR count). The minimum Gasteiger partial charge on any atom is -0.468 e. The van der Waals surface area contributed by atoms with Gasteiger partial charge >= 0.3 is 5.97 Å². The van der Waals surface area contributed by atoms with Crippen molar-refractivity contribution >= 4 is 16.0 Å². The van der Waals surface area contributed by atoms with Crippen LogP contribution in [0.2, 0.25) is 0 Å². The standard InChI is InChI=1S/C14H19NO5S/c1-10(16)11-5-7-12(8-6-11)21(18,19)15-9-3-4-13(15)14(17)20-2/h5-8,10,13,16H,3-4,9H2,1-2H3. The number of ether oxygens (including phenoxy) is 1. The molecular weight excluding hydrogens is 294 g/mol. The lowest BCUT2D eigenvalue weighted by Crippen LogP contribution is -2.41. The summed E-state index contributed by atoms with van der Waals surface area (Å²) in [4.78, 5) is 11.8. The van der Waals surface area contributed by atoms with Crippen LogP contribution in [0.1, 0.15) is 31.4 Å². The third-order valence-corrected chi connectivity index (χ3v) is 5.57. The first-order chi connectivity index (χ1) is 9.87. The fraction of sp³-hybridized carbons (Fsp3) is 0.500. The maximum absolute atomic E-state index is 12.6. The van der Waals surface area contributed by atoms with E-state index in [2.05, 4.69) is 4.74 Å². The Bertz CT molecular complexity index is 609. The summed E-state index contributed by atoms with van der Waals surface area (Å²) in [6.45, 7) is 1.91. The Morgan fingerprint density at radius 3 is 2.52 bits per heavy atom. The molecule has 0 saturated carbocycles. The van der Waals surface area contributed by atoms with Gasteiger partial charge in [0.05, 0.1) is 18.1 Å². The van der Waals surface area contributed by atoms with Crippen molar-refractivity contribution in [3.05, 3.63) is 29.8 Å². The van der Waals surface area contributed by atoms with Crippen molar-refractivity contribution < 1.29 is 23.1 Å². The molecule has 7 heteroatoms. The topological polar surface area (TPSA) is 83.9 Å². The van der Waals surface area contributed by atoms with Gasteiger partial charge in [0.25, 0.3) is 0 Å². The first kappa shape index (κ1) is 15.9. The van der Waals surface area contributed by atoms with Crippen LogP contribution in [0.25, 0.3) is 0 Å². The van der Waals surface area contributed by atoms with Gasteiger partial charge in [0.15, 0.2) is 0 Å². The largest absolute Gasteiger partial charge is 0.468 e. The number of rotatable bonds is 4. The molecule has 0 radical (unpaired) electrons. The van der Waals surface area contributed by atoms with Crippen molar-refractivity contribution in [2.45, 2.75) is 36.8 Å². The van der Waals surface area contributed by atoms with Gasteiger partial charge in [-0.3, -0.25) is 4.79 Å². The van der Waals surface area contributed by atoms with Gasteiger partial charge in [-0.05, 0) is 37.5 Å². The van der Waals surface area contributed by atoms with Gasteiger partial charge in [0.2, 0.25) is 10.0 Å². The summed E-state index contributed by atoms with van der Waals surface area (Å²) in [6, 6.07) is 5.28. The summed E-state index contributed by atoms with van der Waals surface area (Å²) in [5.74, 6) is -0.531. The zero-order valence-corrected chi connectivity index (χ0v) is 12.8. The lowest BCUT2D eigenvalue weighted by Gasteiger charge is -2.22. The molecule has 0 spiro atoms. The molecule has 1 aliphatic rings. The maximum Gasteiger partial charge on any atom is 0.324 e. The molecule has 2 unspecified atom stereocenters. The van der Waals surface area contributed by atoms with E-state index in [1.54, 1.807) is 19.1 Å². The molecule has 116 valence electrons. The predicted octanol–water partition coefficient (Wildman–Crippen LogP) is 1.07. The molecule has 6 nitrogen and oxygen atoms in total. The van der Waals surface area contributed by atoms with E-state index >= 15 is 0 Å². The molecule has 1 fully saturated rings. The molecule has 0 amide bonds. The molecule has 2 atom stereocenters. The first-order valence-corrected chi connectivity index (χ1v) is 8.19. The molecule has 1 aromatic carbocycles. The number of sulfonamides is 1. The third kappa shape index (κ3) is 3.09. The number of esters is 1. The van der Waals surface area contributed by atoms with Crippen LogP contribution in [0.4, 0.5) is 0 Å². The number of carbonyl (C=O) groups is 1. The number of hydrogen-bond acceptors (Lipinski definition) is 5. The number of hydrogen-bond donors (Lipinski definition) is 1. The highest BCUT2D eigenvalue weighted by molar-refractivity contribution is 7.89. The minimum atomic E-state index is -3.73. The van der Waals surface area contributed by atoms with Crippen LogP contribution in [-0.2, 0) is 19.6 Å². The number of aliphatic hydroxyl groups excluding tert-OH is 1. The van der Waals surface area contributed by atoms with Crippen molar-refractivity contribution in [3.8, 4) is 0 Å². The van der Waals surface area contributed by atoms with Gasteiger partial charge in [-0.2, -0.15) is 4.31 Å². The fourth-order valence-corrected chi connectivity index (χ4v) is 4.10. The summed E-state index contributed by atoms with van der Waals surface area (Å²) in [7, 11) is -2.48. The zero-order valence-electron chi connectivity index (χ0n) is 12.0. The molecule has 1 saturated heterocycles. The van der Waals surface area contributed by atoms with Crippen LogP contribution in [0.15, 0.2) is 29.2 Å². The molecule has 1 heterocycles. The van der Waals surface area contributed by atoms with E-state index in [-0.39, 0.29) is 4.90 Å². The van der Waals surface area contributed by atoms with E-state index < -0.39 is 28.1 Å². The molecule has 1 aliphatic heterocycles. The number of benzene rings is 1. The Hall–Kier alpha value is -1.44. The van der Waals surface area contributed by atoms with E-state index in [4.69, 9.17) is 0 Å². The monoisotopic (exact) mass is 313 g/mol. The average molecular weight is 313 g/mol. The second-order valence-electron chi connectivity index (χ2n) is 5.04. The van der Waals surface area contributed by atoms with Crippen LogP contribution in [0, 0.1) is 0 Å². The highest BCUT2D eigenvalue weighted by Crippen LogP contribution is 2.27. The van der Waals surface area contributed by atoms with E-state index in [1.165, 1.54) is 23.5 Å². The van der Waals surface area contributed by atoms with Crippen LogP contribution >= 0.6 is 0 Å². The second-order valence-corrected chi connectivity index (χ2v) is 6.93. The summed E-state index contributed by atoms with van der Waals surface area (Å²) in [6.07, 6.45) is 0.443. The Kier molecular flexibility index (Phi) is 4.65. The lowest BCUT2D eigenvalue weighted by molar-refractivity contribution is -0.144. The summed E-state index contributed by atoms with van der Waals surface area (Å²) >= 11 is 0. The van der Waals surface area contributed by atoms with Gasteiger partial charge < -0.3 is 9.84 Å². The summed E-state index contributed by atoms with van der Waals surface area (Å²) in [5.41, 5.74) is 0.639. The normalized spacial score (nSPS) is 21.2. The number of methoxy groups -OCH3 is 1. The zero-order chi connectivity index (χ0) is 15.6. The Labute approximate surface area is 124 Å². The predicted molar refractivity (Wildman–Crippen MR) is 76.0 cm³/mol. The maximum atomic E-state index is 12.6. The Morgan fingerprint density at radius 2 is 2.00 bits per heavy atom. The van der Waals surface area contributed by atoms with Crippen molar-refractivity contribution in [1.82, 2.24) is 4.31 Å². The minimum absolute atomic E-state index is 0.114. The summed E-state index contributed by atoms with van der Waals surface area (Å²) in [5, 5.41) is 9.45. The van der Waals surface area contributed by atoms with Gasteiger partial charge in [-0.25, -0.2) is 8.42 Å². The van der Waals surface area contributed by atoms with Gasteiger partial charge in [-0.1, -0.05) is 12.1 Å². The number of nitrogens with zero attached hydrogens (tertiary/aromatic N) is 1. The van der Waals surface area contributed by atoms with Crippen molar-refractivity contribution in [2.75, 3.05) is 13.7 Å². The Balaban J connectivity index is 2.30. The van der Waals surface area contributed by atoms with E-state index in [0.717, 1.165) is 0 Å². The van der Waals surface area contributed by atoms with E-state index in [0.29, 0.717) is 24.9 Å². The van der Waals surface area contributed by atoms with Crippen LogP contribution in [0.5, 0.6) is 0 Å². The van der Waals surface area contributed by atoms with Crippen LogP contribution in [0.3, 0.4) is 0 Å².